The largest absolute Gasteiger partial charge is 0.478 e. The first-order chi connectivity index (χ1) is 9.06. The first-order valence-corrected chi connectivity index (χ1v) is 6.25. The highest BCUT2D eigenvalue weighted by Gasteiger charge is 2.29. The number of carboxylic acids is 1. The van der Waals surface area contributed by atoms with E-state index in [1.54, 1.807) is 26.0 Å². The highest BCUT2D eigenvalue weighted by atomic mass is 16.5. The Morgan fingerprint density at radius 3 is 2.47 bits per heavy atom. The van der Waals surface area contributed by atoms with Crippen molar-refractivity contribution in [2.24, 2.45) is 0 Å². The molecule has 0 aliphatic heterocycles. The van der Waals surface area contributed by atoms with Crippen molar-refractivity contribution >= 4 is 5.97 Å². The molecule has 0 atom stereocenters. The van der Waals surface area contributed by atoms with Crippen LogP contribution in [0, 0.1) is 13.8 Å². The molecule has 5 nitrogen and oxygen atoms in total. The van der Waals surface area contributed by atoms with Crippen LogP contribution in [0.15, 0.2) is 16.7 Å². The van der Waals surface area contributed by atoms with Crippen LogP contribution in [0.25, 0.3) is 11.4 Å². The number of aromatic nitrogens is 2. The number of hydrogen-bond acceptors (Lipinski definition) is 4. The first-order valence-electron chi connectivity index (χ1n) is 6.25. The number of hydrogen-bond donors (Lipinski definition) is 1. The molecule has 0 unspecified atom stereocenters. The second-order valence-electron chi connectivity index (χ2n) is 5.02. The maximum Gasteiger partial charge on any atom is 0.336 e. The molecule has 19 heavy (non-hydrogen) atoms. The van der Waals surface area contributed by atoms with E-state index in [2.05, 4.69) is 10.1 Å². The van der Waals surface area contributed by atoms with E-state index in [0.29, 0.717) is 34.3 Å². The van der Waals surface area contributed by atoms with Crippen LogP contribution >= 0.6 is 0 Å². The lowest BCUT2D eigenvalue weighted by molar-refractivity contribution is 0.0695. The Bertz CT molecular complexity index is 633. The molecule has 5 heteroatoms. The van der Waals surface area contributed by atoms with E-state index in [9.17, 15) is 4.79 Å². The predicted octanol–water partition coefficient (Wildman–Crippen LogP) is 2.93. The van der Waals surface area contributed by atoms with Crippen molar-refractivity contribution in [2.75, 3.05) is 0 Å². The van der Waals surface area contributed by atoms with Crippen molar-refractivity contribution in [1.29, 1.82) is 0 Å². The van der Waals surface area contributed by atoms with Gasteiger partial charge in [0.25, 0.3) is 0 Å². The summed E-state index contributed by atoms with van der Waals surface area (Å²) >= 11 is 0. The Labute approximate surface area is 110 Å². The normalized spacial score (nSPS) is 14.6. The molecule has 1 heterocycles. The summed E-state index contributed by atoms with van der Waals surface area (Å²) in [5, 5.41) is 13.1. The van der Waals surface area contributed by atoms with Gasteiger partial charge in [0.1, 0.15) is 0 Å². The summed E-state index contributed by atoms with van der Waals surface area (Å²) < 4.78 is 5.22. The molecule has 1 aromatic heterocycles. The molecule has 1 aromatic carbocycles. The van der Waals surface area contributed by atoms with Crippen LogP contribution in [0.1, 0.15) is 46.1 Å². The second kappa shape index (κ2) is 4.19. The van der Waals surface area contributed by atoms with E-state index in [-0.39, 0.29) is 0 Å². The molecule has 2 aromatic rings. The topological polar surface area (TPSA) is 76.2 Å². The lowest BCUT2D eigenvalue weighted by Gasteiger charge is -2.06. The zero-order valence-electron chi connectivity index (χ0n) is 10.8. The van der Waals surface area contributed by atoms with Gasteiger partial charge in [0.15, 0.2) is 0 Å². The number of aromatic carboxylic acids is 1. The predicted molar refractivity (Wildman–Crippen MR) is 68.1 cm³/mol. The standard InChI is InChI=1S/C14H14N2O3/c1-7-5-10(6-8(2)11(7)14(17)18)12-15-13(19-16-12)9-3-4-9/h5-6,9H,3-4H2,1-2H3,(H,17,18). The summed E-state index contributed by atoms with van der Waals surface area (Å²) in [4.78, 5) is 15.5. The molecule has 0 saturated heterocycles. The van der Waals surface area contributed by atoms with Crippen molar-refractivity contribution in [3.8, 4) is 11.4 Å². The fourth-order valence-corrected chi connectivity index (χ4v) is 2.28. The van der Waals surface area contributed by atoms with Crippen LogP contribution in [0.5, 0.6) is 0 Å². The lowest BCUT2D eigenvalue weighted by Crippen LogP contribution is -2.03. The summed E-state index contributed by atoms with van der Waals surface area (Å²) in [6, 6.07) is 3.58. The quantitative estimate of drug-likeness (QED) is 0.915. The van der Waals surface area contributed by atoms with Gasteiger partial charge in [0.05, 0.1) is 5.56 Å². The third kappa shape index (κ3) is 2.12. The van der Waals surface area contributed by atoms with E-state index < -0.39 is 5.97 Å². The van der Waals surface area contributed by atoms with Gasteiger partial charge in [0.2, 0.25) is 11.7 Å². The van der Waals surface area contributed by atoms with Crippen LogP contribution in [-0.2, 0) is 0 Å². The maximum absolute atomic E-state index is 11.1. The van der Waals surface area contributed by atoms with E-state index in [0.717, 1.165) is 18.4 Å². The van der Waals surface area contributed by atoms with Gasteiger partial charge in [-0.15, -0.1) is 0 Å². The highest BCUT2D eigenvalue weighted by molar-refractivity contribution is 5.91. The Morgan fingerprint density at radius 2 is 1.95 bits per heavy atom. The molecular weight excluding hydrogens is 244 g/mol. The number of aryl methyl sites for hydroxylation is 2. The van der Waals surface area contributed by atoms with Crippen LogP contribution in [0.3, 0.4) is 0 Å². The molecule has 0 bridgehead atoms. The second-order valence-corrected chi connectivity index (χ2v) is 5.02. The minimum Gasteiger partial charge on any atom is -0.478 e. The van der Waals surface area contributed by atoms with E-state index in [1.165, 1.54) is 0 Å². The average molecular weight is 258 g/mol. The SMILES string of the molecule is Cc1cc(-c2noc(C3CC3)n2)cc(C)c1C(=O)O. The molecule has 1 N–H and O–H groups in total. The van der Waals surface area contributed by atoms with Crippen LogP contribution in [0.2, 0.25) is 0 Å². The molecule has 1 aliphatic carbocycles. The third-order valence-electron chi connectivity index (χ3n) is 3.37. The molecule has 0 spiro atoms. The zero-order valence-corrected chi connectivity index (χ0v) is 10.8. The minimum absolute atomic E-state index is 0.342. The summed E-state index contributed by atoms with van der Waals surface area (Å²) in [5.41, 5.74) is 2.56. The van der Waals surface area contributed by atoms with Crippen molar-refractivity contribution < 1.29 is 14.4 Å². The minimum atomic E-state index is -0.909. The smallest absolute Gasteiger partial charge is 0.336 e. The van der Waals surface area contributed by atoms with E-state index in [1.807, 2.05) is 0 Å². The monoisotopic (exact) mass is 258 g/mol. The van der Waals surface area contributed by atoms with Crippen LogP contribution < -0.4 is 0 Å². The number of rotatable bonds is 3. The fraction of sp³-hybridized carbons (Fsp3) is 0.357. The summed E-state index contributed by atoms with van der Waals surface area (Å²) in [6.45, 7) is 3.56. The molecule has 1 saturated carbocycles. The maximum atomic E-state index is 11.1. The molecule has 0 radical (unpaired) electrons. The van der Waals surface area contributed by atoms with Crippen LogP contribution in [-0.4, -0.2) is 21.2 Å². The van der Waals surface area contributed by atoms with Gasteiger partial charge in [0, 0.05) is 11.5 Å². The summed E-state index contributed by atoms with van der Waals surface area (Å²) in [6.07, 6.45) is 2.22. The zero-order chi connectivity index (χ0) is 13.6. The lowest BCUT2D eigenvalue weighted by atomic mass is 9.99. The van der Waals surface area contributed by atoms with Crippen molar-refractivity contribution in [3.05, 3.63) is 34.7 Å². The highest BCUT2D eigenvalue weighted by Crippen LogP contribution is 2.39. The number of nitrogens with zero attached hydrogens (tertiary/aromatic N) is 2. The Balaban J connectivity index is 2.02. The van der Waals surface area contributed by atoms with Gasteiger partial charge in [-0.2, -0.15) is 4.98 Å². The summed E-state index contributed by atoms with van der Waals surface area (Å²) in [7, 11) is 0. The van der Waals surface area contributed by atoms with Crippen molar-refractivity contribution in [3.63, 3.8) is 0 Å². The molecule has 1 fully saturated rings. The molecule has 1 aliphatic rings. The number of carbonyl (C=O) groups is 1. The Kier molecular flexibility index (Phi) is 2.62. The fourth-order valence-electron chi connectivity index (χ4n) is 2.28. The Hall–Kier alpha value is -2.17. The summed E-state index contributed by atoms with van der Waals surface area (Å²) in [5.74, 6) is 0.729. The average Bonchev–Trinajstić information content (AvgIpc) is 3.05. The molecule has 0 amide bonds. The van der Waals surface area contributed by atoms with E-state index >= 15 is 0 Å². The van der Waals surface area contributed by atoms with Crippen LogP contribution in [0.4, 0.5) is 0 Å². The molecule has 98 valence electrons. The third-order valence-corrected chi connectivity index (χ3v) is 3.37. The van der Waals surface area contributed by atoms with Gasteiger partial charge in [-0.3, -0.25) is 0 Å². The van der Waals surface area contributed by atoms with Crippen molar-refractivity contribution in [1.82, 2.24) is 10.1 Å². The van der Waals surface area contributed by atoms with E-state index in [4.69, 9.17) is 9.63 Å². The van der Waals surface area contributed by atoms with Gasteiger partial charge in [-0.1, -0.05) is 5.16 Å². The van der Waals surface area contributed by atoms with Gasteiger partial charge >= 0.3 is 5.97 Å². The number of carboxylic acid groups (broad SMARTS) is 1. The molecule has 3 rings (SSSR count). The van der Waals surface area contributed by atoms with Crippen molar-refractivity contribution in [2.45, 2.75) is 32.6 Å². The number of benzene rings is 1. The Morgan fingerprint density at radius 1 is 1.32 bits per heavy atom. The first kappa shape index (κ1) is 11.9. The van der Waals surface area contributed by atoms with Gasteiger partial charge in [-0.25, -0.2) is 4.79 Å². The van der Waals surface area contributed by atoms with Gasteiger partial charge in [-0.05, 0) is 49.9 Å². The molecular formula is C14H14N2O3. The van der Waals surface area contributed by atoms with Gasteiger partial charge < -0.3 is 9.63 Å².